The van der Waals surface area contributed by atoms with E-state index in [0.29, 0.717) is 24.4 Å². The van der Waals surface area contributed by atoms with Gasteiger partial charge >= 0.3 is 0 Å². The highest BCUT2D eigenvalue weighted by atomic mass is 19.1. The monoisotopic (exact) mass is 391 g/mol. The highest BCUT2D eigenvalue weighted by Gasteiger charge is 2.34. The zero-order valence-corrected chi connectivity index (χ0v) is 17.7. The number of benzene rings is 1. The van der Waals surface area contributed by atoms with Crippen LogP contribution in [0.3, 0.4) is 0 Å². The van der Waals surface area contributed by atoms with Crippen molar-refractivity contribution >= 4 is 11.6 Å². The molecule has 28 heavy (non-hydrogen) atoms. The number of ether oxygens (including phenoxy) is 1. The van der Waals surface area contributed by atoms with Gasteiger partial charge in [-0.05, 0) is 58.4 Å². The molecule has 5 nitrogen and oxygen atoms in total. The molecule has 0 N–H and O–H groups in total. The Kier molecular flexibility index (Phi) is 6.61. The number of carbonyl (C=O) groups excluding carboxylic acids is 1. The fraction of sp³-hybridized carbons (Fsp3) is 0.682. The number of hydrogen-bond donors (Lipinski definition) is 0. The van der Waals surface area contributed by atoms with E-state index in [1.54, 1.807) is 12.1 Å². The number of carbonyl (C=O) groups is 1. The minimum atomic E-state index is -0.306. The van der Waals surface area contributed by atoms with Crippen molar-refractivity contribution in [1.29, 1.82) is 0 Å². The highest BCUT2D eigenvalue weighted by molar-refractivity contribution is 5.94. The first-order valence-corrected chi connectivity index (χ1v) is 10.6. The molecular weight excluding hydrogens is 357 g/mol. The molecule has 0 aromatic heterocycles. The molecule has 2 aliphatic rings. The average molecular weight is 392 g/mol. The number of rotatable bonds is 5. The van der Waals surface area contributed by atoms with Gasteiger partial charge in [-0.3, -0.25) is 4.79 Å². The molecule has 6 heteroatoms. The molecule has 3 rings (SSSR count). The van der Waals surface area contributed by atoms with E-state index in [4.69, 9.17) is 4.74 Å². The van der Waals surface area contributed by atoms with E-state index < -0.39 is 0 Å². The van der Waals surface area contributed by atoms with Gasteiger partial charge in [0.1, 0.15) is 5.82 Å². The van der Waals surface area contributed by atoms with Crippen molar-refractivity contribution in [3.63, 3.8) is 0 Å². The molecule has 1 aromatic rings. The summed E-state index contributed by atoms with van der Waals surface area (Å²) in [6.45, 7) is 14.1. The summed E-state index contributed by atoms with van der Waals surface area (Å²) < 4.78 is 20.6. The lowest BCUT2D eigenvalue weighted by molar-refractivity contribution is -0.0777. The minimum Gasteiger partial charge on any atom is -0.375 e. The van der Waals surface area contributed by atoms with E-state index in [9.17, 15) is 9.18 Å². The maximum atomic E-state index is 14.9. The molecule has 0 bridgehead atoms. The molecule has 2 saturated heterocycles. The average Bonchev–Trinajstić information content (AvgIpc) is 2.68. The van der Waals surface area contributed by atoms with Crippen LogP contribution < -0.4 is 4.90 Å². The van der Waals surface area contributed by atoms with Gasteiger partial charge in [-0.2, -0.15) is 0 Å². The predicted octanol–water partition coefficient (Wildman–Crippen LogP) is 3.39. The molecule has 1 unspecified atom stereocenters. The van der Waals surface area contributed by atoms with Crippen molar-refractivity contribution in [2.24, 2.45) is 0 Å². The van der Waals surface area contributed by atoms with E-state index in [-0.39, 0.29) is 23.4 Å². The third kappa shape index (κ3) is 4.66. The van der Waals surface area contributed by atoms with Gasteiger partial charge in [0, 0.05) is 50.9 Å². The lowest BCUT2D eigenvalue weighted by Crippen LogP contribution is -2.48. The van der Waals surface area contributed by atoms with Gasteiger partial charge < -0.3 is 19.4 Å². The maximum Gasteiger partial charge on any atom is 0.254 e. The number of nitrogens with zero attached hydrogens (tertiary/aromatic N) is 3. The third-order valence-corrected chi connectivity index (χ3v) is 6.07. The van der Waals surface area contributed by atoms with Crippen molar-refractivity contribution in [2.75, 3.05) is 50.8 Å². The quantitative estimate of drug-likeness (QED) is 0.771. The number of hydrogen-bond acceptors (Lipinski definition) is 4. The number of likely N-dealkylation sites (N-methyl/N-ethyl adjacent to an activating group) is 1. The van der Waals surface area contributed by atoms with Gasteiger partial charge in [0.05, 0.1) is 11.3 Å². The first-order valence-electron chi connectivity index (χ1n) is 10.6. The van der Waals surface area contributed by atoms with Crippen LogP contribution in [0.5, 0.6) is 0 Å². The van der Waals surface area contributed by atoms with Crippen molar-refractivity contribution in [3.8, 4) is 0 Å². The van der Waals surface area contributed by atoms with Gasteiger partial charge in [-0.25, -0.2) is 4.39 Å². The van der Waals surface area contributed by atoms with E-state index in [1.807, 2.05) is 11.8 Å². The van der Waals surface area contributed by atoms with Gasteiger partial charge in [-0.15, -0.1) is 0 Å². The molecule has 156 valence electrons. The Morgan fingerprint density at radius 2 is 1.96 bits per heavy atom. The first kappa shape index (κ1) is 21.1. The summed E-state index contributed by atoms with van der Waals surface area (Å²) in [7, 11) is 0. The fourth-order valence-electron chi connectivity index (χ4n) is 4.40. The Morgan fingerprint density at radius 1 is 1.25 bits per heavy atom. The summed E-state index contributed by atoms with van der Waals surface area (Å²) in [4.78, 5) is 19.4. The molecule has 2 aliphatic heterocycles. The van der Waals surface area contributed by atoms with Crippen LogP contribution in [-0.2, 0) is 4.74 Å². The number of anilines is 1. The Labute approximate surface area is 168 Å². The summed E-state index contributed by atoms with van der Waals surface area (Å²) in [6, 6.07) is 5.09. The second kappa shape index (κ2) is 8.78. The zero-order valence-electron chi connectivity index (χ0n) is 17.7. The van der Waals surface area contributed by atoms with E-state index in [1.165, 1.54) is 6.07 Å². The minimum absolute atomic E-state index is 0.0912. The number of amides is 1. The van der Waals surface area contributed by atoms with Crippen LogP contribution >= 0.6 is 0 Å². The van der Waals surface area contributed by atoms with Crippen LogP contribution in [0.4, 0.5) is 10.1 Å². The van der Waals surface area contributed by atoms with Crippen LogP contribution in [0.15, 0.2) is 18.2 Å². The summed E-state index contributed by atoms with van der Waals surface area (Å²) in [5.74, 6) is -0.398. The van der Waals surface area contributed by atoms with Gasteiger partial charge in [0.25, 0.3) is 5.91 Å². The lowest BCUT2D eigenvalue weighted by Gasteiger charge is -2.41. The third-order valence-electron chi connectivity index (χ3n) is 6.07. The van der Waals surface area contributed by atoms with E-state index in [2.05, 4.69) is 30.6 Å². The molecule has 0 radical (unpaired) electrons. The summed E-state index contributed by atoms with van der Waals surface area (Å²) >= 11 is 0. The van der Waals surface area contributed by atoms with Crippen LogP contribution in [0.25, 0.3) is 0 Å². The number of halogens is 1. The Balaban J connectivity index is 1.72. The van der Waals surface area contributed by atoms with Gasteiger partial charge in [0.15, 0.2) is 0 Å². The fourth-order valence-corrected chi connectivity index (χ4v) is 4.40. The molecule has 0 saturated carbocycles. The van der Waals surface area contributed by atoms with E-state index in [0.717, 1.165) is 45.6 Å². The molecular formula is C22H34FN3O2. The van der Waals surface area contributed by atoms with Crippen LogP contribution in [0.2, 0.25) is 0 Å². The zero-order chi connectivity index (χ0) is 20.3. The van der Waals surface area contributed by atoms with Gasteiger partial charge in [-0.1, -0.05) is 6.92 Å². The van der Waals surface area contributed by atoms with Crippen molar-refractivity contribution in [2.45, 2.75) is 52.2 Å². The molecule has 2 heterocycles. The second-order valence-corrected chi connectivity index (χ2v) is 8.43. The molecule has 0 spiro atoms. The number of piperazine rings is 1. The maximum absolute atomic E-state index is 14.9. The van der Waals surface area contributed by atoms with Crippen molar-refractivity contribution < 1.29 is 13.9 Å². The highest BCUT2D eigenvalue weighted by Crippen LogP contribution is 2.29. The first-order chi connectivity index (χ1) is 13.3. The SMILES string of the molecule is CCN1CCN(c2ccc(C(=O)N(CC)C3CCOC(C)(C)C3)cc2F)CC1. The second-order valence-electron chi connectivity index (χ2n) is 8.43. The van der Waals surface area contributed by atoms with Gasteiger partial charge in [0.2, 0.25) is 0 Å². The molecule has 1 aromatic carbocycles. The summed E-state index contributed by atoms with van der Waals surface area (Å²) in [5, 5.41) is 0. The smallest absolute Gasteiger partial charge is 0.254 e. The topological polar surface area (TPSA) is 36.0 Å². The standard InChI is InChI=1S/C22H34FN3O2/c1-5-24-10-12-25(13-11-24)20-8-7-17(15-19(20)23)21(27)26(6-2)18-9-14-28-22(3,4)16-18/h7-8,15,18H,5-6,9-14,16H2,1-4H3. The van der Waals surface area contributed by atoms with Crippen LogP contribution in [-0.4, -0.2) is 73.2 Å². The lowest BCUT2D eigenvalue weighted by atomic mass is 9.92. The molecule has 0 aliphatic carbocycles. The van der Waals surface area contributed by atoms with Crippen LogP contribution in [0, 0.1) is 5.82 Å². The largest absolute Gasteiger partial charge is 0.375 e. The summed E-state index contributed by atoms with van der Waals surface area (Å²) in [6.07, 6.45) is 1.63. The Hall–Kier alpha value is -1.66. The predicted molar refractivity (Wildman–Crippen MR) is 110 cm³/mol. The normalized spacial score (nSPS) is 22.9. The Morgan fingerprint density at radius 3 is 2.54 bits per heavy atom. The molecule has 2 fully saturated rings. The Bertz CT molecular complexity index is 686. The van der Waals surface area contributed by atoms with Crippen molar-refractivity contribution in [1.82, 2.24) is 9.80 Å². The molecule has 1 atom stereocenters. The van der Waals surface area contributed by atoms with Crippen LogP contribution in [0.1, 0.15) is 50.9 Å². The molecule has 1 amide bonds. The summed E-state index contributed by atoms with van der Waals surface area (Å²) in [5.41, 5.74) is 0.800. The van der Waals surface area contributed by atoms with E-state index >= 15 is 0 Å². The van der Waals surface area contributed by atoms with Crippen molar-refractivity contribution in [3.05, 3.63) is 29.6 Å².